The third kappa shape index (κ3) is 2.56. The molecule has 0 saturated carbocycles. The monoisotopic (exact) mass is 302 g/mol. The zero-order valence-corrected chi connectivity index (χ0v) is 11.8. The quantitative estimate of drug-likeness (QED) is 0.804. The van der Waals surface area contributed by atoms with Gasteiger partial charge in [0.15, 0.2) is 27.4 Å². The molecule has 0 fully saturated rings. The number of carbonyl (C=O) groups is 1. The van der Waals surface area contributed by atoms with Crippen LogP contribution in [0.25, 0.3) is 0 Å². The predicted molar refractivity (Wildman–Crippen MR) is 67.3 cm³/mol. The number of fused-ring (bicyclic) bond motifs is 1. The van der Waals surface area contributed by atoms with Gasteiger partial charge in [0.05, 0.1) is 6.61 Å². The lowest BCUT2D eigenvalue weighted by Gasteiger charge is -2.15. The number of ether oxygens (including phenoxy) is 3. The van der Waals surface area contributed by atoms with Gasteiger partial charge in [-0.05, 0) is 13.0 Å². The van der Waals surface area contributed by atoms with E-state index in [1.54, 1.807) is 6.92 Å². The van der Waals surface area contributed by atoms with Crippen molar-refractivity contribution in [2.75, 3.05) is 19.7 Å². The molecule has 0 radical (unpaired) electrons. The zero-order valence-electron chi connectivity index (χ0n) is 11.0. The van der Waals surface area contributed by atoms with Gasteiger partial charge in [-0.2, -0.15) is 0 Å². The molecule has 0 aliphatic carbocycles. The number of esters is 1. The van der Waals surface area contributed by atoms with E-state index < -0.39 is 21.9 Å². The van der Waals surface area contributed by atoms with Crippen LogP contribution in [0.3, 0.4) is 0 Å². The maximum atomic E-state index is 11.9. The van der Waals surface area contributed by atoms with Gasteiger partial charge in [-0.25, -0.2) is 13.2 Å². The van der Waals surface area contributed by atoms with Crippen LogP contribution >= 0.6 is 0 Å². The Bertz CT molecular complexity index is 635. The van der Waals surface area contributed by atoms with Crippen molar-refractivity contribution in [3.63, 3.8) is 0 Å². The predicted octanol–water partition coefficient (Wildman–Crippen LogP) is 0.415. The summed E-state index contributed by atoms with van der Waals surface area (Å²) in [5.41, 5.74) is -0.0878. The highest BCUT2D eigenvalue weighted by atomic mass is 32.2. The van der Waals surface area contributed by atoms with Crippen LogP contribution in [0.2, 0.25) is 0 Å². The second-order valence-corrected chi connectivity index (χ2v) is 6.10. The molecule has 8 heteroatoms. The molecule has 0 spiro atoms. The number of aliphatic hydroxyl groups is 1. The van der Waals surface area contributed by atoms with E-state index in [1.807, 2.05) is 0 Å². The first kappa shape index (κ1) is 14.6. The Morgan fingerprint density at radius 1 is 1.45 bits per heavy atom. The van der Waals surface area contributed by atoms with E-state index in [0.717, 1.165) is 6.26 Å². The number of rotatable bonds is 4. The highest BCUT2D eigenvalue weighted by Gasteiger charge is 2.32. The molecule has 1 unspecified atom stereocenters. The molecule has 1 N–H and O–H groups in total. The highest BCUT2D eigenvalue weighted by Crippen LogP contribution is 2.42. The van der Waals surface area contributed by atoms with E-state index in [2.05, 4.69) is 4.74 Å². The van der Waals surface area contributed by atoms with Crippen LogP contribution < -0.4 is 9.47 Å². The number of aliphatic hydroxyl groups excluding tert-OH is 1. The Morgan fingerprint density at radius 2 is 2.15 bits per heavy atom. The second kappa shape index (κ2) is 5.29. The Balaban J connectivity index is 2.57. The molecule has 110 valence electrons. The normalized spacial score (nSPS) is 14.9. The molecular weight excluding hydrogens is 288 g/mol. The largest absolute Gasteiger partial charge is 0.464 e. The van der Waals surface area contributed by atoms with Crippen LogP contribution in [0.5, 0.6) is 11.5 Å². The first-order valence-corrected chi connectivity index (χ1v) is 7.72. The highest BCUT2D eigenvalue weighted by molar-refractivity contribution is 7.90. The van der Waals surface area contributed by atoms with Crippen molar-refractivity contribution in [3.05, 3.63) is 17.7 Å². The minimum atomic E-state index is -3.72. The van der Waals surface area contributed by atoms with Gasteiger partial charge < -0.3 is 19.3 Å². The van der Waals surface area contributed by atoms with Gasteiger partial charge in [-0.1, -0.05) is 6.07 Å². The summed E-state index contributed by atoms with van der Waals surface area (Å²) in [7, 11) is -3.72. The summed E-state index contributed by atoms with van der Waals surface area (Å²) in [6.45, 7) is 1.55. The molecule has 1 aromatic carbocycles. The van der Waals surface area contributed by atoms with Crippen molar-refractivity contribution < 1.29 is 32.5 Å². The number of benzene rings is 1. The van der Waals surface area contributed by atoms with Crippen LogP contribution in [-0.2, 0) is 19.4 Å². The standard InChI is InChI=1S/C12H14O7S/c1-3-17-12(14)9(13)7-4-5-8-10(19-6-18-8)11(7)20(2,15)16/h4-5,9,13H,3,6H2,1-2H3. The molecule has 1 atom stereocenters. The third-order valence-electron chi connectivity index (χ3n) is 2.70. The van der Waals surface area contributed by atoms with E-state index in [1.165, 1.54) is 12.1 Å². The number of hydrogen-bond donors (Lipinski definition) is 1. The number of sulfone groups is 1. The number of hydrogen-bond acceptors (Lipinski definition) is 7. The van der Waals surface area contributed by atoms with Gasteiger partial charge in [-0.15, -0.1) is 0 Å². The molecule has 0 aromatic heterocycles. The lowest BCUT2D eigenvalue weighted by molar-refractivity contribution is -0.153. The van der Waals surface area contributed by atoms with Gasteiger partial charge >= 0.3 is 5.97 Å². The third-order valence-corrected chi connectivity index (χ3v) is 3.86. The van der Waals surface area contributed by atoms with Crippen LogP contribution in [0.4, 0.5) is 0 Å². The van der Waals surface area contributed by atoms with Crippen LogP contribution in [0.1, 0.15) is 18.6 Å². The molecule has 1 aliphatic rings. The van der Waals surface area contributed by atoms with Gasteiger partial charge in [0.2, 0.25) is 6.79 Å². The molecular formula is C12H14O7S. The van der Waals surface area contributed by atoms with Crippen LogP contribution in [0, 0.1) is 0 Å². The minimum absolute atomic E-state index is 0.00773. The molecule has 1 aromatic rings. The molecule has 0 amide bonds. The maximum Gasteiger partial charge on any atom is 0.339 e. The summed E-state index contributed by atoms with van der Waals surface area (Å²) in [5.74, 6) is -0.658. The fraction of sp³-hybridized carbons (Fsp3) is 0.417. The summed E-state index contributed by atoms with van der Waals surface area (Å²) in [4.78, 5) is 11.3. The fourth-order valence-electron chi connectivity index (χ4n) is 1.91. The first-order valence-electron chi connectivity index (χ1n) is 5.83. The van der Waals surface area contributed by atoms with Crippen molar-refractivity contribution in [1.82, 2.24) is 0 Å². The van der Waals surface area contributed by atoms with E-state index >= 15 is 0 Å². The summed E-state index contributed by atoms with van der Waals surface area (Å²) in [5, 5.41) is 9.96. The van der Waals surface area contributed by atoms with E-state index in [4.69, 9.17) is 9.47 Å². The van der Waals surface area contributed by atoms with E-state index in [-0.39, 0.29) is 35.4 Å². The molecule has 2 rings (SSSR count). The molecule has 20 heavy (non-hydrogen) atoms. The first-order chi connectivity index (χ1) is 9.36. The summed E-state index contributed by atoms with van der Waals surface area (Å²) in [6.07, 6.45) is -0.736. The zero-order chi connectivity index (χ0) is 14.9. The van der Waals surface area contributed by atoms with Gasteiger partial charge in [0.25, 0.3) is 0 Å². The average Bonchev–Trinajstić information content (AvgIpc) is 2.83. The van der Waals surface area contributed by atoms with Crippen molar-refractivity contribution in [2.24, 2.45) is 0 Å². The van der Waals surface area contributed by atoms with E-state index in [9.17, 15) is 18.3 Å². The molecule has 0 bridgehead atoms. The van der Waals surface area contributed by atoms with Crippen molar-refractivity contribution in [1.29, 1.82) is 0 Å². The van der Waals surface area contributed by atoms with Crippen molar-refractivity contribution in [3.8, 4) is 11.5 Å². The Hall–Kier alpha value is -1.80. The summed E-state index contributed by atoms with van der Waals surface area (Å²) < 4.78 is 38.7. The van der Waals surface area contributed by atoms with Crippen LogP contribution in [-0.4, -0.2) is 39.1 Å². The molecule has 1 aliphatic heterocycles. The average molecular weight is 302 g/mol. The molecule has 7 nitrogen and oxygen atoms in total. The van der Waals surface area contributed by atoms with Crippen LogP contribution in [0.15, 0.2) is 17.0 Å². The van der Waals surface area contributed by atoms with Crippen molar-refractivity contribution in [2.45, 2.75) is 17.9 Å². The minimum Gasteiger partial charge on any atom is -0.464 e. The Morgan fingerprint density at radius 3 is 2.75 bits per heavy atom. The fourth-order valence-corrected chi connectivity index (χ4v) is 3.01. The topological polar surface area (TPSA) is 99.1 Å². The Labute approximate surface area is 116 Å². The SMILES string of the molecule is CCOC(=O)C(O)c1ccc2c(c1S(C)(=O)=O)OCO2. The lowest BCUT2D eigenvalue weighted by Crippen LogP contribution is -2.18. The summed E-state index contributed by atoms with van der Waals surface area (Å²) >= 11 is 0. The van der Waals surface area contributed by atoms with E-state index in [0.29, 0.717) is 0 Å². The smallest absolute Gasteiger partial charge is 0.339 e. The van der Waals surface area contributed by atoms with Gasteiger partial charge in [-0.3, -0.25) is 0 Å². The van der Waals surface area contributed by atoms with Gasteiger partial charge in [0.1, 0.15) is 4.90 Å². The molecule has 0 saturated heterocycles. The molecule has 1 heterocycles. The van der Waals surface area contributed by atoms with Gasteiger partial charge in [0, 0.05) is 11.8 Å². The van der Waals surface area contributed by atoms with Crippen molar-refractivity contribution >= 4 is 15.8 Å². The Kier molecular flexibility index (Phi) is 3.87. The maximum absolute atomic E-state index is 11.9. The second-order valence-electron chi connectivity index (χ2n) is 4.14. The summed E-state index contributed by atoms with van der Waals surface area (Å²) in [6, 6.07) is 2.75. The number of carbonyl (C=O) groups excluding carboxylic acids is 1. The lowest BCUT2D eigenvalue weighted by atomic mass is 10.1.